The van der Waals surface area contributed by atoms with Crippen molar-refractivity contribution in [1.29, 1.82) is 0 Å². The van der Waals surface area contributed by atoms with Crippen LogP contribution >= 0.6 is 0 Å². The molecule has 1 aliphatic rings. The largest absolute Gasteiger partial charge is 0.469 e. The van der Waals surface area contributed by atoms with Gasteiger partial charge in [-0.25, -0.2) is 4.79 Å². The van der Waals surface area contributed by atoms with Gasteiger partial charge in [0, 0.05) is 19.0 Å². The number of nitrogens with one attached hydrogen (secondary N) is 2. The first-order valence-corrected chi connectivity index (χ1v) is 8.51. The lowest BCUT2D eigenvalue weighted by Crippen LogP contribution is -2.46. The van der Waals surface area contributed by atoms with Crippen LogP contribution in [-0.4, -0.2) is 37.9 Å². The number of alkyl halides is 3. The van der Waals surface area contributed by atoms with Gasteiger partial charge in [-0.05, 0) is 32.1 Å². The first kappa shape index (κ1) is 20.6. The van der Waals surface area contributed by atoms with Gasteiger partial charge >= 0.3 is 18.2 Å². The highest BCUT2D eigenvalue weighted by Gasteiger charge is 2.42. The fourth-order valence-electron chi connectivity index (χ4n) is 2.91. The number of unbranched alkanes of at least 4 members (excludes halogenated alkanes) is 3. The second-order valence-electron chi connectivity index (χ2n) is 6.24. The molecule has 24 heavy (non-hydrogen) atoms. The van der Waals surface area contributed by atoms with Gasteiger partial charge in [0.25, 0.3) is 0 Å². The number of ether oxygens (including phenoxy) is 1. The lowest BCUT2D eigenvalue weighted by molar-refractivity contribution is -0.183. The molecule has 2 amide bonds. The Labute approximate surface area is 140 Å². The predicted octanol–water partition coefficient (Wildman–Crippen LogP) is 3.53. The Morgan fingerprint density at radius 3 is 2.50 bits per heavy atom. The Kier molecular flexibility index (Phi) is 8.92. The number of hydrogen-bond donors (Lipinski definition) is 2. The van der Waals surface area contributed by atoms with Crippen molar-refractivity contribution in [2.75, 3.05) is 13.7 Å². The summed E-state index contributed by atoms with van der Waals surface area (Å²) in [5.74, 6) is -1.54. The molecule has 1 aliphatic carbocycles. The van der Waals surface area contributed by atoms with E-state index < -0.39 is 24.2 Å². The summed E-state index contributed by atoms with van der Waals surface area (Å²) in [6, 6.07) is -0.817. The maximum atomic E-state index is 12.7. The molecule has 140 valence electrons. The third-order valence-corrected chi connectivity index (χ3v) is 4.29. The Bertz CT molecular complexity index is 403. The summed E-state index contributed by atoms with van der Waals surface area (Å²) in [4.78, 5) is 22.6. The lowest BCUT2D eigenvalue weighted by Gasteiger charge is -2.31. The van der Waals surface area contributed by atoms with Crippen molar-refractivity contribution in [1.82, 2.24) is 10.6 Å². The van der Waals surface area contributed by atoms with Crippen molar-refractivity contribution in [2.24, 2.45) is 5.92 Å². The first-order valence-electron chi connectivity index (χ1n) is 8.51. The van der Waals surface area contributed by atoms with Crippen molar-refractivity contribution in [2.45, 2.75) is 70.0 Å². The maximum Gasteiger partial charge on any atom is 0.391 e. The zero-order valence-corrected chi connectivity index (χ0v) is 14.1. The molecule has 0 saturated heterocycles. The molecule has 0 aromatic carbocycles. The first-order chi connectivity index (χ1) is 11.3. The number of urea groups is 1. The second kappa shape index (κ2) is 10.4. The third kappa shape index (κ3) is 8.40. The molecule has 0 unspecified atom stereocenters. The quantitative estimate of drug-likeness (QED) is 0.519. The van der Waals surface area contributed by atoms with Gasteiger partial charge in [-0.2, -0.15) is 13.2 Å². The van der Waals surface area contributed by atoms with Gasteiger partial charge in [0.05, 0.1) is 13.0 Å². The summed E-state index contributed by atoms with van der Waals surface area (Å²) in [5.41, 5.74) is 0. The molecule has 0 aliphatic heterocycles. The van der Waals surface area contributed by atoms with Crippen molar-refractivity contribution in [3.05, 3.63) is 0 Å². The molecule has 5 nitrogen and oxygen atoms in total. The van der Waals surface area contributed by atoms with Crippen LogP contribution in [0, 0.1) is 5.92 Å². The number of methoxy groups -OCH3 is 1. The number of rotatable bonds is 8. The summed E-state index contributed by atoms with van der Waals surface area (Å²) >= 11 is 0. The number of halogens is 3. The summed E-state index contributed by atoms with van der Waals surface area (Å²) in [7, 11) is 1.36. The molecule has 8 heteroatoms. The van der Waals surface area contributed by atoms with Gasteiger partial charge in [-0.15, -0.1) is 0 Å². The zero-order valence-electron chi connectivity index (χ0n) is 14.1. The van der Waals surface area contributed by atoms with E-state index >= 15 is 0 Å². The van der Waals surface area contributed by atoms with E-state index in [1.54, 1.807) is 0 Å². The van der Waals surface area contributed by atoms with Gasteiger partial charge in [0.15, 0.2) is 0 Å². The molecule has 1 saturated carbocycles. The van der Waals surface area contributed by atoms with Crippen molar-refractivity contribution in [3.8, 4) is 0 Å². The van der Waals surface area contributed by atoms with E-state index in [0.29, 0.717) is 25.8 Å². The van der Waals surface area contributed by atoms with Crippen LogP contribution in [0.3, 0.4) is 0 Å². The molecular weight excluding hydrogens is 325 g/mol. The fraction of sp³-hybridized carbons (Fsp3) is 0.875. The number of amides is 2. The van der Waals surface area contributed by atoms with E-state index in [1.165, 1.54) is 7.11 Å². The normalized spacial score (nSPS) is 21.2. The monoisotopic (exact) mass is 352 g/mol. The second-order valence-corrected chi connectivity index (χ2v) is 6.24. The number of hydrogen-bond acceptors (Lipinski definition) is 3. The molecule has 1 fully saturated rings. The molecule has 0 spiro atoms. The predicted molar refractivity (Wildman–Crippen MR) is 83.4 cm³/mol. The molecule has 1 rings (SSSR count). The summed E-state index contributed by atoms with van der Waals surface area (Å²) in [6.07, 6.45) is 0.658. The Morgan fingerprint density at radius 1 is 1.12 bits per heavy atom. The highest BCUT2D eigenvalue weighted by Crippen LogP contribution is 2.37. The topological polar surface area (TPSA) is 67.4 Å². The van der Waals surface area contributed by atoms with Crippen molar-refractivity contribution in [3.63, 3.8) is 0 Å². The van der Waals surface area contributed by atoms with E-state index in [0.717, 1.165) is 25.7 Å². The average molecular weight is 352 g/mol. The molecular formula is C16H27F3N2O3. The van der Waals surface area contributed by atoms with Gasteiger partial charge < -0.3 is 15.4 Å². The molecule has 0 aromatic heterocycles. The van der Waals surface area contributed by atoms with Crippen molar-refractivity contribution < 1.29 is 27.5 Å². The fourth-order valence-corrected chi connectivity index (χ4v) is 2.91. The smallest absolute Gasteiger partial charge is 0.391 e. The van der Waals surface area contributed by atoms with Crippen LogP contribution in [0.2, 0.25) is 0 Å². The van der Waals surface area contributed by atoms with Crippen LogP contribution in [-0.2, 0) is 9.53 Å². The molecule has 0 bridgehead atoms. The molecule has 0 heterocycles. The van der Waals surface area contributed by atoms with Crippen LogP contribution < -0.4 is 10.6 Å². The van der Waals surface area contributed by atoms with Gasteiger partial charge in [0.2, 0.25) is 0 Å². The van der Waals surface area contributed by atoms with Gasteiger partial charge in [-0.1, -0.05) is 19.3 Å². The van der Waals surface area contributed by atoms with Crippen LogP contribution in [0.15, 0.2) is 0 Å². The van der Waals surface area contributed by atoms with Gasteiger partial charge in [-0.3, -0.25) is 4.79 Å². The maximum absolute atomic E-state index is 12.7. The Morgan fingerprint density at radius 2 is 1.83 bits per heavy atom. The Balaban J connectivity index is 2.08. The Hall–Kier alpha value is -1.47. The van der Waals surface area contributed by atoms with E-state index in [4.69, 9.17) is 0 Å². The molecule has 2 N–H and O–H groups in total. The zero-order chi connectivity index (χ0) is 18.0. The SMILES string of the molecule is COC(=O)CCCCCCNC(=O)N[C@@H]1CCC[C@H](C(F)(F)F)C1. The highest BCUT2D eigenvalue weighted by atomic mass is 19.4. The van der Waals surface area contributed by atoms with E-state index in [1.807, 2.05) is 0 Å². The number of carbonyl (C=O) groups is 2. The van der Waals surface area contributed by atoms with Crippen LogP contribution in [0.4, 0.5) is 18.0 Å². The minimum Gasteiger partial charge on any atom is -0.469 e. The summed E-state index contributed by atoms with van der Waals surface area (Å²) < 4.78 is 42.7. The van der Waals surface area contributed by atoms with E-state index in [2.05, 4.69) is 15.4 Å². The van der Waals surface area contributed by atoms with E-state index in [-0.39, 0.29) is 18.8 Å². The average Bonchev–Trinajstić information content (AvgIpc) is 2.53. The molecule has 2 atom stereocenters. The minimum atomic E-state index is -4.18. The highest BCUT2D eigenvalue weighted by molar-refractivity contribution is 5.74. The number of esters is 1. The molecule has 0 radical (unpaired) electrons. The van der Waals surface area contributed by atoms with Crippen LogP contribution in [0.5, 0.6) is 0 Å². The molecule has 0 aromatic rings. The van der Waals surface area contributed by atoms with Crippen molar-refractivity contribution >= 4 is 12.0 Å². The van der Waals surface area contributed by atoms with Gasteiger partial charge in [0.1, 0.15) is 0 Å². The number of carbonyl (C=O) groups excluding carboxylic acids is 2. The third-order valence-electron chi connectivity index (χ3n) is 4.29. The van der Waals surface area contributed by atoms with Crippen LogP contribution in [0.1, 0.15) is 57.8 Å². The van der Waals surface area contributed by atoms with Crippen LogP contribution in [0.25, 0.3) is 0 Å². The van der Waals surface area contributed by atoms with E-state index in [9.17, 15) is 22.8 Å². The minimum absolute atomic E-state index is 0.0373. The lowest BCUT2D eigenvalue weighted by atomic mass is 9.85. The standard InChI is InChI=1S/C16H27F3N2O3/c1-24-14(22)9-4-2-3-5-10-20-15(23)21-13-8-6-7-12(11-13)16(17,18)19/h12-13H,2-11H2,1H3,(H2,20,21,23)/t12-,13+/m0/s1. The summed E-state index contributed by atoms with van der Waals surface area (Å²) in [5, 5.41) is 5.31. The summed E-state index contributed by atoms with van der Waals surface area (Å²) in [6.45, 7) is 0.472.